The second-order valence-corrected chi connectivity index (χ2v) is 4.35. The maximum absolute atomic E-state index is 12.6. The topological polar surface area (TPSA) is 91.7 Å². The van der Waals surface area contributed by atoms with Crippen molar-refractivity contribution >= 4 is 16.1 Å². The van der Waals surface area contributed by atoms with Gasteiger partial charge in [-0.25, -0.2) is 4.79 Å². The molecule has 0 spiro atoms. The van der Waals surface area contributed by atoms with E-state index >= 15 is 0 Å². The van der Waals surface area contributed by atoms with Gasteiger partial charge in [0.2, 0.25) is 0 Å². The molecule has 0 saturated heterocycles. The zero-order chi connectivity index (χ0) is 13.4. The number of aromatic carboxylic acids is 1. The second kappa shape index (κ2) is 4.00. The Labute approximate surface area is 93.2 Å². The zero-order valence-electron chi connectivity index (χ0n) is 7.89. The molecule has 0 saturated carbocycles. The lowest BCUT2D eigenvalue weighted by molar-refractivity contribution is -0.140. The SMILES string of the molecule is O=C(O)c1cccc(S(=O)(=O)O)c1C(F)(F)F. The normalized spacial score (nSPS) is 12.5. The third-order valence-corrected chi connectivity index (χ3v) is 2.71. The number of benzene rings is 1. The van der Waals surface area contributed by atoms with Crippen LogP contribution in [0.3, 0.4) is 0 Å². The molecule has 2 N–H and O–H groups in total. The van der Waals surface area contributed by atoms with E-state index in [1.165, 1.54) is 0 Å². The van der Waals surface area contributed by atoms with Crippen LogP contribution in [-0.2, 0) is 16.3 Å². The largest absolute Gasteiger partial charge is 0.478 e. The van der Waals surface area contributed by atoms with E-state index in [4.69, 9.17) is 9.66 Å². The van der Waals surface area contributed by atoms with E-state index in [2.05, 4.69) is 0 Å². The van der Waals surface area contributed by atoms with E-state index in [1.54, 1.807) is 0 Å². The van der Waals surface area contributed by atoms with E-state index < -0.39 is 38.3 Å². The van der Waals surface area contributed by atoms with Crippen LogP contribution >= 0.6 is 0 Å². The van der Waals surface area contributed by atoms with Gasteiger partial charge in [-0.1, -0.05) is 6.07 Å². The van der Waals surface area contributed by atoms with Gasteiger partial charge in [-0.2, -0.15) is 21.6 Å². The van der Waals surface area contributed by atoms with Gasteiger partial charge in [0.15, 0.2) is 0 Å². The lowest BCUT2D eigenvalue weighted by Gasteiger charge is -2.13. The summed E-state index contributed by atoms with van der Waals surface area (Å²) in [5.74, 6) is -1.94. The smallest absolute Gasteiger partial charge is 0.418 e. The molecular weight excluding hydrogens is 265 g/mol. The molecule has 1 rings (SSSR count). The number of hydrogen-bond donors (Lipinski definition) is 2. The van der Waals surface area contributed by atoms with E-state index in [9.17, 15) is 26.4 Å². The Balaban J connectivity index is 3.76. The fourth-order valence-electron chi connectivity index (χ4n) is 1.22. The van der Waals surface area contributed by atoms with Crippen molar-refractivity contribution < 1.29 is 36.0 Å². The number of carboxylic acids is 1. The number of hydrogen-bond acceptors (Lipinski definition) is 3. The highest BCUT2D eigenvalue weighted by molar-refractivity contribution is 7.85. The van der Waals surface area contributed by atoms with Crippen LogP contribution in [0.25, 0.3) is 0 Å². The third kappa shape index (κ3) is 2.74. The van der Waals surface area contributed by atoms with Gasteiger partial charge in [0.1, 0.15) is 4.90 Å². The van der Waals surface area contributed by atoms with Crippen LogP contribution in [0.2, 0.25) is 0 Å². The van der Waals surface area contributed by atoms with Crippen LogP contribution in [0.15, 0.2) is 23.1 Å². The molecular formula is C8H5F3O5S. The molecule has 94 valence electrons. The van der Waals surface area contributed by atoms with Crippen molar-refractivity contribution in [2.24, 2.45) is 0 Å². The minimum Gasteiger partial charge on any atom is -0.478 e. The van der Waals surface area contributed by atoms with Gasteiger partial charge in [0, 0.05) is 0 Å². The van der Waals surface area contributed by atoms with Gasteiger partial charge in [0.05, 0.1) is 11.1 Å². The Kier molecular flexibility index (Phi) is 3.17. The fourth-order valence-corrected chi connectivity index (χ4v) is 1.95. The Morgan fingerprint density at radius 2 is 1.76 bits per heavy atom. The molecule has 0 heterocycles. The van der Waals surface area contributed by atoms with Gasteiger partial charge in [0.25, 0.3) is 10.1 Å². The van der Waals surface area contributed by atoms with Crippen LogP contribution < -0.4 is 0 Å². The van der Waals surface area contributed by atoms with E-state index in [-0.39, 0.29) is 0 Å². The predicted molar refractivity (Wildman–Crippen MR) is 48.2 cm³/mol. The van der Waals surface area contributed by atoms with Gasteiger partial charge in [-0.3, -0.25) is 4.55 Å². The molecule has 0 aliphatic rings. The summed E-state index contributed by atoms with van der Waals surface area (Å²) in [5, 5.41) is 8.54. The molecule has 9 heteroatoms. The van der Waals surface area contributed by atoms with Crippen molar-refractivity contribution in [1.29, 1.82) is 0 Å². The molecule has 17 heavy (non-hydrogen) atoms. The summed E-state index contributed by atoms with van der Waals surface area (Å²) in [6.45, 7) is 0. The lowest BCUT2D eigenvalue weighted by atomic mass is 10.1. The van der Waals surface area contributed by atoms with Crippen LogP contribution in [0.5, 0.6) is 0 Å². The molecule has 0 aliphatic carbocycles. The molecule has 5 nitrogen and oxygen atoms in total. The number of halogens is 3. The Bertz CT molecular complexity index is 561. The van der Waals surface area contributed by atoms with Crippen molar-refractivity contribution in [3.8, 4) is 0 Å². The minimum absolute atomic E-state index is 0.477. The summed E-state index contributed by atoms with van der Waals surface area (Å²) < 4.78 is 67.8. The van der Waals surface area contributed by atoms with Crippen molar-refractivity contribution in [1.82, 2.24) is 0 Å². The highest BCUT2D eigenvalue weighted by Crippen LogP contribution is 2.36. The molecule has 0 atom stereocenters. The standard InChI is InChI=1S/C8H5F3O5S/c9-8(10,11)6-4(7(12)13)2-1-3-5(6)17(14,15)16/h1-3H,(H,12,13)(H,14,15,16). The van der Waals surface area contributed by atoms with Crippen molar-refractivity contribution in [2.75, 3.05) is 0 Å². The molecule has 1 aromatic rings. The minimum atomic E-state index is -5.21. The number of carbonyl (C=O) groups is 1. The molecule has 0 radical (unpaired) electrons. The van der Waals surface area contributed by atoms with Crippen LogP contribution in [0, 0.1) is 0 Å². The lowest BCUT2D eigenvalue weighted by Crippen LogP contribution is -2.18. The highest BCUT2D eigenvalue weighted by atomic mass is 32.2. The first-order chi connectivity index (χ1) is 7.55. The average Bonchev–Trinajstić information content (AvgIpc) is 2.13. The summed E-state index contributed by atoms with van der Waals surface area (Å²) in [6, 6.07) is 1.87. The summed E-state index contributed by atoms with van der Waals surface area (Å²) >= 11 is 0. The highest BCUT2D eigenvalue weighted by Gasteiger charge is 2.40. The second-order valence-electron chi connectivity index (χ2n) is 2.96. The molecule has 0 fully saturated rings. The van der Waals surface area contributed by atoms with Crippen LogP contribution in [0.4, 0.5) is 13.2 Å². The first kappa shape index (κ1) is 13.5. The molecule has 0 aliphatic heterocycles. The quantitative estimate of drug-likeness (QED) is 0.797. The maximum Gasteiger partial charge on any atom is 0.418 e. The Morgan fingerprint density at radius 3 is 2.12 bits per heavy atom. The number of carboxylic acid groups (broad SMARTS) is 1. The molecule has 0 aromatic heterocycles. The Hall–Kier alpha value is -1.61. The van der Waals surface area contributed by atoms with Gasteiger partial charge in [-0.05, 0) is 12.1 Å². The van der Waals surface area contributed by atoms with E-state index in [1.807, 2.05) is 0 Å². The summed E-state index contributed by atoms with van der Waals surface area (Å²) in [5.41, 5.74) is -3.14. The summed E-state index contributed by atoms with van der Waals surface area (Å²) in [6.07, 6.45) is -5.21. The van der Waals surface area contributed by atoms with E-state index in [0.29, 0.717) is 12.1 Å². The average molecular weight is 270 g/mol. The molecule has 0 amide bonds. The van der Waals surface area contributed by atoms with Crippen molar-refractivity contribution in [3.05, 3.63) is 29.3 Å². The predicted octanol–water partition coefficient (Wildman–Crippen LogP) is 1.65. The van der Waals surface area contributed by atoms with Crippen molar-refractivity contribution in [2.45, 2.75) is 11.1 Å². The van der Waals surface area contributed by atoms with Crippen molar-refractivity contribution in [3.63, 3.8) is 0 Å². The van der Waals surface area contributed by atoms with Crippen LogP contribution in [0.1, 0.15) is 15.9 Å². The fraction of sp³-hybridized carbons (Fsp3) is 0.125. The number of rotatable bonds is 2. The van der Waals surface area contributed by atoms with Gasteiger partial charge in [-0.15, -0.1) is 0 Å². The first-order valence-corrected chi connectivity index (χ1v) is 5.40. The number of alkyl halides is 3. The monoisotopic (exact) mass is 270 g/mol. The molecule has 1 aromatic carbocycles. The van der Waals surface area contributed by atoms with Gasteiger partial charge >= 0.3 is 12.1 Å². The summed E-state index contributed by atoms with van der Waals surface area (Å²) in [4.78, 5) is 9.09. The first-order valence-electron chi connectivity index (χ1n) is 3.96. The zero-order valence-corrected chi connectivity index (χ0v) is 8.71. The third-order valence-electron chi connectivity index (χ3n) is 1.82. The molecule has 0 unspecified atom stereocenters. The maximum atomic E-state index is 12.6. The van der Waals surface area contributed by atoms with Gasteiger partial charge < -0.3 is 5.11 Å². The summed E-state index contributed by atoms with van der Waals surface area (Å²) in [7, 11) is -5.16. The van der Waals surface area contributed by atoms with Crippen LogP contribution in [-0.4, -0.2) is 24.0 Å². The Morgan fingerprint density at radius 1 is 1.24 bits per heavy atom. The molecule has 0 bridgehead atoms. The van der Waals surface area contributed by atoms with E-state index in [0.717, 1.165) is 6.07 Å².